The van der Waals surface area contributed by atoms with Crippen LogP contribution < -0.4 is 11.5 Å². The molecule has 1 amide bonds. The average Bonchev–Trinajstić information content (AvgIpc) is 2.77. The molecule has 6 atom stereocenters. The summed E-state index contributed by atoms with van der Waals surface area (Å²) in [5.74, 6) is -8.45. The number of hydrogen-bond donors (Lipinski definition) is 6. The van der Waals surface area contributed by atoms with Crippen molar-refractivity contribution in [1.82, 2.24) is 4.90 Å². The zero-order chi connectivity index (χ0) is 27.9. The number of Topliss-reactive ketones (excluding diaryl/α,β-unsaturated/α-hetero) is 2. The third-order valence-corrected chi connectivity index (χ3v) is 8.20. The SMILES string of the molecule is C[C@H]1c2c(CN)cc(C(C)(C)C)c(O)c2C(O)=C2C(=O)C3C(=O)C(C(N)=O)=C(O)[C@@H](N(C)C)C3[C@@H](O)C21. The van der Waals surface area contributed by atoms with Gasteiger partial charge in [0.1, 0.15) is 22.8 Å². The van der Waals surface area contributed by atoms with Crippen molar-refractivity contribution >= 4 is 23.2 Å². The Balaban J connectivity index is 2.04. The van der Waals surface area contributed by atoms with E-state index in [9.17, 15) is 34.8 Å². The molecule has 10 nitrogen and oxygen atoms in total. The first kappa shape index (κ1) is 26.8. The minimum atomic E-state index is -1.55. The number of fused-ring (bicyclic) bond motifs is 3. The van der Waals surface area contributed by atoms with Crippen LogP contribution in [0.1, 0.15) is 55.9 Å². The van der Waals surface area contributed by atoms with Crippen molar-refractivity contribution in [2.45, 2.75) is 57.7 Å². The molecule has 0 bridgehead atoms. The fraction of sp³-hybridized carbons (Fsp3) is 0.519. The highest BCUT2D eigenvalue weighted by molar-refractivity contribution is 6.28. The van der Waals surface area contributed by atoms with Gasteiger partial charge in [0.25, 0.3) is 5.91 Å². The van der Waals surface area contributed by atoms with E-state index in [4.69, 9.17) is 11.5 Å². The van der Waals surface area contributed by atoms with E-state index in [1.165, 1.54) is 4.90 Å². The first-order chi connectivity index (χ1) is 17.1. The number of phenolic OH excluding ortho intramolecular Hbond substituents is 1. The highest BCUT2D eigenvalue weighted by Gasteiger charge is 2.61. The van der Waals surface area contributed by atoms with Gasteiger partial charge in [-0.25, -0.2) is 0 Å². The molecule has 0 saturated heterocycles. The summed E-state index contributed by atoms with van der Waals surface area (Å²) in [7, 11) is 3.18. The Hall–Kier alpha value is -3.21. The lowest BCUT2D eigenvalue weighted by Crippen LogP contribution is -2.61. The monoisotopic (exact) mass is 513 g/mol. The maximum Gasteiger partial charge on any atom is 0.255 e. The van der Waals surface area contributed by atoms with Gasteiger partial charge in [0, 0.05) is 29.5 Å². The smallest absolute Gasteiger partial charge is 0.255 e. The van der Waals surface area contributed by atoms with E-state index >= 15 is 0 Å². The maximum atomic E-state index is 14.0. The molecule has 1 aromatic carbocycles. The van der Waals surface area contributed by atoms with Crippen LogP contribution in [0.4, 0.5) is 0 Å². The molecule has 0 radical (unpaired) electrons. The Labute approximate surface area is 215 Å². The fourth-order valence-electron chi connectivity index (χ4n) is 6.60. The van der Waals surface area contributed by atoms with Crippen LogP contribution in [0.5, 0.6) is 5.75 Å². The zero-order valence-electron chi connectivity index (χ0n) is 21.9. The second-order valence-corrected chi connectivity index (χ2v) is 11.6. The van der Waals surface area contributed by atoms with Crippen LogP contribution in [-0.2, 0) is 26.3 Å². The number of aliphatic hydroxyl groups excluding tert-OH is 3. The molecule has 0 heterocycles. The highest BCUT2D eigenvalue weighted by atomic mass is 16.3. The van der Waals surface area contributed by atoms with Crippen molar-refractivity contribution in [3.05, 3.63) is 45.2 Å². The average molecular weight is 514 g/mol. The maximum absolute atomic E-state index is 14.0. The molecule has 0 aliphatic heterocycles. The van der Waals surface area contributed by atoms with Gasteiger partial charge in [-0.2, -0.15) is 0 Å². The fourth-order valence-corrected chi connectivity index (χ4v) is 6.60. The van der Waals surface area contributed by atoms with Gasteiger partial charge in [0.05, 0.1) is 23.6 Å². The molecule has 3 aliphatic carbocycles. The van der Waals surface area contributed by atoms with E-state index in [1.54, 1.807) is 27.1 Å². The number of rotatable bonds is 3. The number of carbonyl (C=O) groups is 3. The summed E-state index contributed by atoms with van der Waals surface area (Å²) in [5, 5.41) is 45.4. The van der Waals surface area contributed by atoms with Crippen LogP contribution in [0.3, 0.4) is 0 Å². The number of benzene rings is 1. The molecule has 0 spiro atoms. The summed E-state index contributed by atoms with van der Waals surface area (Å²) < 4.78 is 0. The molecule has 10 heteroatoms. The lowest BCUT2D eigenvalue weighted by atomic mass is 9.55. The molecule has 37 heavy (non-hydrogen) atoms. The van der Waals surface area contributed by atoms with E-state index < -0.39 is 75.8 Å². The predicted octanol–water partition coefficient (Wildman–Crippen LogP) is 1.14. The van der Waals surface area contributed by atoms with E-state index in [-0.39, 0.29) is 23.4 Å². The molecule has 3 unspecified atom stereocenters. The first-order valence-electron chi connectivity index (χ1n) is 12.3. The number of aromatic hydroxyl groups is 1. The number of carbonyl (C=O) groups excluding carboxylic acids is 3. The first-order valence-corrected chi connectivity index (χ1v) is 12.3. The summed E-state index contributed by atoms with van der Waals surface area (Å²) in [6, 6.07) is 0.732. The molecular weight excluding hydrogens is 478 g/mol. The zero-order valence-corrected chi connectivity index (χ0v) is 21.9. The van der Waals surface area contributed by atoms with E-state index in [0.29, 0.717) is 16.7 Å². The molecule has 1 saturated carbocycles. The lowest BCUT2D eigenvalue weighted by molar-refractivity contribution is -0.143. The Bertz CT molecular complexity index is 1290. The van der Waals surface area contributed by atoms with E-state index in [0.717, 1.165) is 0 Å². The van der Waals surface area contributed by atoms with Crippen LogP contribution >= 0.6 is 0 Å². The summed E-state index contributed by atoms with van der Waals surface area (Å²) >= 11 is 0. The van der Waals surface area contributed by atoms with Crippen LogP contribution in [0.15, 0.2) is 23.0 Å². The van der Waals surface area contributed by atoms with Gasteiger partial charge in [-0.15, -0.1) is 0 Å². The number of phenols is 1. The number of ketones is 2. The van der Waals surface area contributed by atoms with Crippen molar-refractivity contribution < 1.29 is 34.8 Å². The summed E-state index contributed by atoms with van der Waals surface area (Å²) in [6.45, 7) is 7.52. The number of hydrogen-bond acceptors (Lipinski definition) is 9. The van der Waals surface area contributed by atoms with Gasteiger partial charge in [0.2, 0.25) is 0 Å². The molecule has 1 fully saturated rings. The second kappa shape index (κ2) is 8.68. The van der Waals surface area contributed by atoms with Crippen LogP contribution in [0, 0.1) is 17.8 Å². The van der Waals surface area contributed by atoms with E-state index in [1.807, 2.05) is 20.8 Å². The normalized spacial score (nSPS) is 29.9. The van der Waals surface area contributed by atoms with Crippen molar-refractivity contribution in [2.75, 3.05) is 14.1 Å². The van der Waals surface area contributed by atoms with Gasteiger partial charge >= 0.3 is 0 Å². The number of aliphatic hydroxyl groups is 3. The summed E-state index contributed by atoms with van der Waals surface area (Å²) in [5.41, 5.74) is 11.8. The quantitative estimate of drug-likeness (QED) is 0.254. The molecule has 8 N–H and O–H groups in total. The number of primary amides is 1. The van der Waals surface area contributed by atoms with Crippen LogP contribution in [0.25, 0.3) is 5.76 Å². The second-order valence-electron chi connectivity index (χ2n) is 11.6. The van der Waals surface area contributed by atoms with E-state index in [2.05, 4.69) is 0 Å². The number of nitrogens with two attached hydrogens (primary N) is 2. The lowest BCUT2D eigenvalue weighted by Gasteiger charge is -2.50. The van der Waals surface area contributed by atoms with Gasteiger partial charge in [0.15, 0.2) is 11.6 Å². The Kier molecular flexibility index (Phi) is 6.30. The van der Waals surface area contributed by atoms with Crippen LogP contribution in [0.2, 0.25) is 0 Å². The summed E-state index contributed by atoms with van der Waals surface area (Å²) in [4.78, 5) is 40.9. The minimum Gasteiger partial charge on any atom is -0.510 e. The minimum absolute atomic E-state index is 0.0616. The number of nitrogens with zero attached hydrogens (tertiary/aromatic N) is 1. The molecular formula is C27H35N3O7. The van der Waals surface area contributed by atoms with Crippen molar-refractivity contribution in [3.8, 4) is 5.75 Å². The molecule has 3 aliphatic rings. The molecule has 200 valence electrons. The Morgan fingerprint density at radius 2 is 1.70 bits per heavy atom. The third kappa shape index (κ3) is 3.61. The Morgan fingerprint density at radius 3 is 2.19 bits per heavy atom. The summed E-state index contributed by atoms with van der Waals surface area (Å²) in [6.07, 6.45) is -1.37. The van der Waals surface area contributed by atoms with Crippen molar-refractivity contribution in [2.24, 2.45) is 29.2 Å². The van der Waals surface area contributed by atoms with Crippen LogP contribution in [-0.4, -0.2) is 69.0 Å². The largest absolute Gasteiger partial charge is 0.510 e. The number of likely N-dealkylation sites (N-methyl/N-ethyl adjacent to an activating group) is 1. The van der Waals surface area contributed by atoms with Gasteiger partial charge in [-0.05, 0) is 42.6 Å². The molecule has 4 rings (SSSR count). The molecule has 1 aromatic rings. The Morgan fingerprint density at radius 1 is 1.11 bits per heavy atom. The van der Waals surface area contributed by atoms with Crippen molar-refractivity contribution in [3.63, 3.8) is 0 Å². The predicted molar refractivity (Wildman–Crippen MR) is 135 cm³/mol. The highest BCUT2D eigenvalue weighted by Crippen LogP contribution is 2.56. The molecule has 0 aromatic heterocycles. The van der Waals surface area contributed by atoms with Gasteiger partial charge in [-0.3, -0.25) is 19.3 Å². The van der Waals surface area contributed by atoms with Crippen molar-refractivity contribution in [1.29, 1.82) is 0 Å². The topological polar surface area (TPSA) is 187 Å². The van der Waals surface area contributed by atoms with Gasteiger partial charge < -0.3 is 31.9 Å². The number of amides is 1. The third-order valence-electron chi connectivity index (χ3n) is 8.20. The standard InChI is InChI=1S/C27H35N3O7/c1-9-12-10(8-28)7-11(27(2,3)4)20(31)15(12)22(33)16-13(9)21(32)14-17(23(16)34)24(35)18(26(29)37)25(36)19(14)30(5)6/h7,9,13-14,17,19,21,31-33,36H,8,28H2,1-6H3,(H2,29,37)/t9-,13?,14?,17?,19-,21-/m0/s1. The van der Waals surface area contributed by atoms with Gasteiger partial charge in [-0.1, -0.05) is 27.7 Å².